The predicted molar refractivity (Wildman–Crippen MR) is 88.9 cm³/mol. The fraction of sp³-hybridized carbons (Fsp3) is 0.733. The number of likely N-dealkylation sites (tertiary alicyclic amines) is 1. The van der Waals surface area contributed by atoms with Crippen LogP contribution in [0, 0.1) is 0 Å². The van der Waals surface area contributed by atoms with E-state index in [9.17, 15) is 14.4 Å². The lowest BCUT2D eigenvalue weighted by atomic mass is 10.2. The van der Waals surface area contributed by atoms with Crippen molar-refractivity contribution in [2.75, 3.05) is 19.3 Å². The molecule has 0 aromatic heterocycles. The number of amides is 2. The number of carbonyl (C=O) groups excluding carboxylic acids is 3. The maximum atomic E-state index is 12.2. The van der Waals surface area contributed by atoms with Gasteiger partial charge in [-0.1, -0.05) is 6.92 Å². The van der Waals surface area contributed by atoms with Crippen LogP contribution in [0.15, 0.2) is 4.99 Å². The van der Waals surface area contributed by atoms with E-state index in [2.05, 4.69) is 4.99 Å². The summed E-state index contributed by atoms with van der Waals surface area (Å²) in [5.74, 6) is 1.32. The van der Waals surface area contributed by atoms with Crippen LogP contribution in [-0.2, 0) is 14.4 Å². The van der Waals surface area contributed by atoms with Crippen molar-refractivity contribution in [3.63, 3.8) is 0 Å². The molecule has 1 aliphatic heterocycles. The summed E-state index contributed by atoms with van der Waals surface area (Å²) in [5, 5.41) is -0.283. The van der Waals surface area contributed by atoms with Crippen molar-refractivity contribution in [2.45, 2.75) is 50.7 Å². The number of nitrogens with zero attached hydrogens (tertiary/aromatic N) is 2. The number of hydrogen-bond acceptors (Lipinski definition) is 5. The van der Waals surface area contributed by atoms with Crippen molar-refractivity contribution in [1.29, 1.82) is 0 Å². The van der Waals surface area contributed by atoms with Crippen LogP contribution in [0.25, 0.3) is 0 Å². The molecule has 0 spiro atoms. The van der Waals surface area contributed by atoms with E-state index < -0.39 is 0 Å². The molecule has 2 amide bonds. The second-order valence-electron chi connectivity index (χ2n) is 5.26. The summed E-state index contributed by atoms with van der Waals surface area (Å²) < 4.78 is 0. The molecule has 0 bridgehead atoms. The topological polar surface area (TPSA) is 92.8 Å². The first kappa shape index (κ1) is 18.7. The first-order chi connectivity index (χ1) is 10.5. The lowest BCUT2D eigenvalue weighted by Gasteiger charge is -2.14. The molecule has 1 atom stereocenters. The van der Waals surface area contributed by atoms with Crippen molar-refractivity contribution >= 4 is 35.2 Å². The standard InChI is InChI=1S/C15H25N3O3S/c1-3-11(19)6-4-8-18-14(20)10-12(15(18)21)22-9-5-7-13(16)17-2/h12H,3-10H2,1-2H3,(H2,16,17). The van der Waals surface area contributed by atoms with Crippen LogP contribution in [0.3, 0.4) is 0 Å². The Hall–Kier alpha value is -1.37. The van der Waals surface area contributed by atoms with Crippen molar-refractivity contribution < 1.29 is 14.4 Å². The monoisotopic (exact) mass is 327 g/mol. The number of imide groups is 1. The Balaban J connectivity index is 2.32. The highest BCUT2D eigenvalue weighted by atomic mass is 32.2. The molecule has 2 N–H and O–H groups in total. The first-order valence-corrected chi connectivity index (χ1v) is 8.73. The number of amidine groups is 1. The Morgan fingerprint density at radius 2 is 2.09 bits per heavy atom. The van der Waals surface area contributed by atoms with E-state index in [-0.39, 0.29) is 29.3 Å². The highest BCUT2D eigenvalue weighted by Gasteiger charge is 2.38. The highest BCUT2D eigenvalue weighted by Crippen LogP contribution is 2.26. The Morgan fingerprint density at radius 1 is 1.36 bits per heavy atom. The van der Waals surface area contributed by atoms with Gasteiger partial charge in [-0.05, 0) is 18.6 Å². The molecule has 1 saturated heterocycles. The minimum Gasteiger partial charge on any atom is -0.387 e. The van der Waals surface area contributed by atoms with Gasteiger partial charge >= 0.3 is 0 Å². The maximum absolute atomic E-state index is 12.2. The van der Waals surface area contributed by atoms with E-state index in [1.54, 1.807) is 7.05 Å². The van der Waals surface area contributed by atoms with Crippen molar-refractivity contribution in [1.82, 2.24) is 4.90 Å². The zero-order valence-corrected chi connectivity index (χ0v) is 14.2. The van der Waals surface area contributed by atoms with Gasteiger partial charge in [-0.15, -0.1) is 11.8 Å². The molecule has 22 heavy (non-hydrogen) atoms. The van der Waals surface area contributed by atoms with Gasteiger partial charge in [0.2, 0.25) is 11.8 Å². The molecule has 1 heterocycles. The number of ketones is 1. The Bertz CT molecular complexity index is 451. The highest BCUT2D eigenvalue weighted by molar-refractivity contribution is 8.00. The maximum Gasteiger partial charge on any atom is 0.242 e. The molecule has 0 saturated carbocycles. The summed E-state index contributed by atoms with van der Waals surface area (Å²) in [6.07, 6.45) is 3.32. The molecule has 7 heteroatoms. The quantitative estimate of drug-likeness (QED) is 0.283. The number of carbonyl (C=O) groups is 3. The zero-order valence-electron chi connectivity index (χ0n) is 13.3. The second kappa shape index (κ2) is 9.61. The number of rotatable bonds is 10. The van der Waals surface area contributed by atoms with Gasteiger partial charge in [0.25, 0.3) is 0 Å². The minimum absolute atomic E-state index is 0.115. The molecule has 0 radical (unpaired) electrons. The SMILES string of the molecule is CCC(=O)CCCN1C(=O)CC(SCCCC(N)=NC)C1=O. The van der Waals surface area contributed by atoms with E-state index in [1.165, 1.54) is 16.7 Å². The summed E-state index contributed by atoms with van der Waals surface area (Å²) in [6.45, 7) is 2.17. The number of thioether (sulfide) groups is 1. The van der Waals surface area contributed by atoms with E-state index in [0.29, 0.717) is 38.1 Å². The molecule has 0 aliphatic carbocycles. The lowest BCUT2D eigenvalue weighted by molar-refractivity contribution is -0.138. The number of nitrogens with two attached hydrogens (primary N) is 1. The van der Waals surface area contributed by atoms with Crippen LogP contribution in [0.1, 0.15) is 45.4 Å². The molecule has 1 fully saturated rings. The summed E-state index contributed by atoms with van der Waals surface area (Å²) in [5.41, 5.74) is 5.61. The predicted octanol–water partition coefficient (Wildman–Crippen LogP) is 1.37. The Labute approximate surface area is 135 Å². The summed E-state index contributed by atoms with van der Waals surface area (Å²) in [6, 6.07) is 0. The first-order valence-electron chi connectivity index (χ1n) is 7.68. The molecular formula is C15H25N3O3S. The van der Waals surface area contributed by atoms with Crippen molar-refractivity contribution in [3.8, 4) is 0 Å². The molecular weight excluding hydrogens is 302 g/mol. The third-order valence-corrected chi connectivity index (χ3v) is 4.91. The largest absolute Gasteiger partial charge is 0.387 e. The number of hydrogen-bond donors (Lipinski definition) is 1. The van der Waals surface area contributed by atoms with Crippen molar-refractivity contribution in [2.24, 2.45) is 10.7 Å². The molecule has 0 aromatic carbocycles. The van der Waals surface area contributed by atoms with Crippen LogP contribution < -0.4 is 5.73 Å². The van der Waals surface area contributed by atoms with Crippen LogP contribution in [0.4, 0.5) is 0 Å². The lowest BCUT2D eigenvalue weighted by Crippen LogP contribution is -2.32. The minimum atomic E-state index is -0.283. The normalized spacial score (nSPS) is 19.1. The van der Waals surface area contributed by atoms with E-state index >= 15 is 0 Å². The molecule has 0 aromatic rings. The number of aliphatic imine (C=N–C) groups is 1. The molecule has 1 unspecified atom stereocenters. The number of Topliss-reactive ketones (excluding diaryl/α,β-unsaturated/α-hetero) is 1. The second-order valence-corrected chi connectivity index (χ2v) is 6.57. The summed E-state index contributed by atoms with van der Waals surface area (Å²) in [7, 11) is 1.66. The molecule has 1 aliphatic rings. The fourth-order valence-corrected chi connectivity index (χ4v) is 3.35. The average Bonchev–Trinajstić information content (AvgIpc) is 2.78. The third kappa shape index (κ3) is 5.79. The van der Waals surface area contributed by atoms with Gasteiger partial charge in [-0.3, -0.25) is 24.3 Å². The summed E-state index contributed by atoms with van der Waals surface area (Å²) in [4.78, 5) is 40.5. The van der Waals surface area contributed by atoms with Crippen LogP contribution >= 0.6 is 11.8 Å². The zero-order chi connectivity index (χ0) is 16.5. The Kier molecular flexibility index (Phi) is 8.16. The Morgan fingerprint density at radius 3 is 2.73 bits per heavy atom. The molecule has 1 rings (SSSR count). The molecule has 6 nitrogen and oxygen atoms in total. The van der Waals surface area contributed by atoms with E-state index in [4.69, 9.17) is 5.73 Å². The van der Waals surface area contributed by atoms with Gasteiger partial charge in [0.1, 0.15) is 5.78 Å². The average molecular weight is 327 g/mol. The van der Waals surface area contributed by atoms with Crippen LogP contribution in [0.5, 0.6) is 0 Å². The van der Waals surface area contributed by atoms with Gasteiger partial charge in [-0.25, -0.2) is 0 Å². The fourth-order valence-electron chi connectivity index (χ4n) is 2.22. The van der Waals surface area contributed by atoms with Gasteiger partial charge < -0.3 is 5.73 Å². The van der Waals surface area contributed by atoms with Crippen LogP contribution in [0.2, 0.25) is 0 Å². The van der Waals surface area contributed by atoms with Gasteiger partial charge in [0, 0.05) is 39.3 Å². The third-order valence-electron chi connectivity index (χ3n) is 3.62. The van der Waals surface area contributed by atoms with E-state index in [1.807, 2.05) is 6.92 Å². The summed E-state index contributed by atoms with van der Waals surface area (Å²) >= 11 is 1.51. The van der Waals surface area contributed by atoms with Crippen molar-refractivity contribution in [3.05, 3.63) is 0 Å². The van der Waals surface area contributed by atoms with Crippen LogP contribution in [-0.4, -0.2) is 52.9 Å². The smallest absolute Gasteiger partial charge is 0.242 e. The van der Waals surface area contributed by atoms with Gasteiger partial charge in [-0.2, -0.15) is 0 Å². The van der Waals surface area contributed by atoms with E-state index in [0.717, 1.165) is 12.2 Å². The molecule has 124 valence electrons. The van der Waals surface area contributed by atoms with Gasteiger partial charge in [0.05, 0.1) is 11.1 Å². The van der Waals surface area contributed by atoms with Gasteiger partial charge in [0.15, 0.2) is 0 Å².